The van der Waals surface area contributed by atoms with E-state index >= 15 is 0 Å². The number of ether oxygens (including phenoxy) is 1. The summed E-state index contributed by atoms with van der Waals surface area (Å²) in [6, 6.07) is 0. The molecule has 2 aliphatic rings. The molecule has 0 aromatic heterocycles. The molecular weight excluding hydrogens is 252 g/mol. The number of hydrogen-bond acceptors (Lipinski definition) is 5. The molecule has 0 amide bonds. The molecule has 2 N–H and O–H groups in total. The van der Waals surface area contributed by atoms with Crippen molar-refractivity contribution in [1.82, 2.24) is 9.80 Å². The first-order chi connectivity index (χ1) is 9.50. The number of rotatable bonds is 5. The minimum Gasteiger partial charge on any atom is -0.375 e. The van der Waals surface area contributed by atoms with E-state index in [0.29, 0.717) is 0 Å². The van der Waals surface area contributed by atoms with Crippen LogP contribution in [0.15, 0.2) is 4.99 Å². The molecule has 2 rings (SSSR count). The molecule has 2 atom stereocenters. The molecule has 5 nitrogen and oxygen atoms in total. The molecule has 2 aliphatic heterocycles. The highest BCUT2D eigenvalue weighted by atomic mass is 16.5. The Morgan fingerprint density at radius 1 is 1.30 bits per heavy atom. The van der Waals surface area contributed by atoms with E-state index in [2.05, 4.69) is 42.5 Å². The molecule has 20 heavy (non-hydrogen) atoms. The Morgan fingerprint density at radius 2 is 1.90 bits per heavy atom. The minimum absolute atomic E-state index is 0.0916. The van der Waals surface area contributed by atoms with Crippen LogP contribution in [0.5, 0.6) is 0 Å². The summed E-state index contributed by atoms with van der Waals surface area (Å²) in [6.45, 7) is 13.8. The van der Waals surface area contributed by atoms with Crippen LogP contribution in [-0.2, 0) is 4.74 Å². The van der Waals surface area contributed by atoms with Crippen LogP contribution in [0.25, 0.3) is 0 Å². The van der Waals surface area contributed by atoms with Crippen LogP contribution in [-0.4, -0.2) is 66.2 Å². The fraction of sp³-hybridized carbons (Fsp3) is 0.933. The second-order valence-electron chi connectivity index (χ2n) is 6.24. The number of aliphatic imine (C=N–C) groups is 1. The van der Waals surface area contributed by atoms with Gasteiger partial charge in [-0.3, -0.25) is 4.99 Å². The van der Waals surface area contributed by atoms with E-state index in [-0.39, 0.29) is 17.7 Å². The fourth-order valence-corrected chi connectivity index (χ4v) is 3.77. The summed E-state index contributed by atoms with van der Waals surface area (Å²) >= 11 is 0. The van der Waals surface area contributed by atoms with Crippen molar-refractivity contribution < 1.29 is 4.74 Å². The van der Waals surface area contributed by atoms with Gasteiger partial charge in [-0.25, -0.2) is 0 Å². The zero-order chi connectivity index (χ0) is 14.8. The molecule has 0 aliphatic carbocycles. The normalized spacial score (nSPS) is 34.0. The largest absolute Gasteiger partial charge is 0.375 e. The van der Waals surface area contributed by atoms with E-state index in [0.717, 1.165) is 51.5 Å². The van der Waals surface area contributed by atoms with Crippen LogP contribution in [0.1, 0.15) is 40.5 Å². The van der Waals surface area contributed by atoms with Gasteiger partial charge in [-0.05, 0) is 39.8 Å². The summed E-state index contributed by atoms with van der Waals surface area (Å²) in [6.07, 6.45) is 2.63. The van der Waals surface area contributed by atoms with Crippen molar-refractivity contribution in [3.63, 3.8) is 0 Å². The van der Waals surface area contributed by atoms with Crippen LogP contribution >= 0.6 is 0 Å². The van der Waals surface area contributed by atoms with Gasteiger partial charge < -0.3 is 20.3 Å². The average molecular weight is 282 g/mol. The van der Waals surface area contributed by atoms with Crippen molar-refractivity contribution in [1.29, 1.82) is 0 Å². The van der Waals surface area contributed by atoms with E-state index in [1.165, 1.54) is 0 Å². The van der Waals surface area contributed by atoms with Gasteiger partial charge in [0.2, 0.25) is 0 Å². The van der Waals surface area contributed by atoms with Gasteiger partial charge >= 0.3 is 0 Å². The maximum atomic E-state index is 6.16. The summed E-state index contributed by atoms with van der Waals surface area (Å²) in [5, 5.41) is 0. The van der Waals surface area contributed by atoms with Gasteiger partial charge in [-0.1, -0.05) is 13.8 Å². The first kappa shape index (κ1) is 15.6. The monoisotopic (exact) mass is 282 g/mol. The Labute approximate surface area is 123 Å². The third-order valence-corrected chi connectivity index (χ3v) is 4.72. The van der Waals surface area contributed by atoms with Crippen LogP contribution in [0, 0.1) is 0 Å². The van der Waals surface area contributed by atoms with Crippen LogP contribution in [0.3, 0.4) is 0 Å². The van der Waals surface area contributed by atoms with Crippen LogP contribution in [0.4, 0.5) is 0 Å². The summed E-state index contributed by atoms with van der Waals surface area (Å²) in [5.41, 5.74) is 6.25. The van der Waals surface area contributed by atoms with Crippen LogP contribution in [0.2, 0.25) is 0 Å². The standard InChI is InChI=1S/C15H30N4O/c1-5-18(6-2)7-8-19-14(16)17-11-15(19)9-12(3)20-13(4)10-15/h12-13H,5-11H2,1-4H3,(H2,16,17). The second kappa shape index (κ2) is 6.31. The molecule has 0 aromatic carbocycles. The lowest BCUT2D eigenvalue weighted by atomic mass is 9.83. The highest BCUT2D eigenvalue weighted by Crippen LogP contribution is 2.37. The van der Waals surface area contributed by atoms with Crippen LogP contribution < -0.4 is 5.73 Å². The van der Waals surface area contributed by atoms with Gasteiger partial charge in [0.15, 0.2) is 5.96 Å². The lowest BCUT2D eigenvalue weighted by Crippen LogP contribution is -2.58. The molecular formula is C15H30N4O. The van der Waals surface area contributed by atoms with Gasteiger partial charge in [0.1, 0.15) is 0 Å². The van der Waals surface area contributed by atoms with Crippen molar-refractivity contribution in [2.75, 3.05) is 32.7 Å². The lowest BCUT2D eigenvalue weighted by molar-refractivity contribution is -0.0847. The van der Waals surface area contributed by atoms with Crippen molar-refractivity contribution in [3.05, 3.63) is 0 Å². The lowest BCUT2D eigenvalue weighted by Gasteiger charge is -2.46. The first-order valence-electron chi connectivity index (χ1n) is 7.96. The van der Waals surface area contributed by atoms with E-state index in [1.54, 1.807) is 0 Å². The molecule has 2 unspecified atom stereocenters. The third-order valence-electron chi connectivity index (χ3n) is 4.72. The van der Waals surface area contributed by atoms with E-state index in [9.17, 15) is 0 Å². The average Bonchev–Trinajstić information content (AvgIpc) is 2.67. The molecule has 116 valence electrons. The number of nitrogens with zero attached hydrogens (tertiary/aromatic N) is 3. The number of guanidine groups is 1. The maximum Gasteiger partial charge on any atom is 0.191 e. The molecule has 0 bridgehead atoms. The quantitative estimate of drug-likeness (QED) is 0.825. The van der Waals surface area contributed by atoms with Crippen molar-refractivity contribution in [2.24, 2.45) is 10.7 Å². The zero-order valence-corrected chi connectivity index (χ0v) is 13.4. The molecule has 2 heterocycles. The Hall–Kier alpha value is -0.810. The van der Waals surface area contributed by atoms with Gasteiger partial charge in [0.25, 0.3) is 0 Å². The van der Waals surface area contributed by atoms with Crippen molar-refractivity contribution in [2.45, 2.75) is 58.3 Å². The highest BCUT2D eigenvalue weighted by molar-refractivity contribution is 5.81. The van der Waals surface area contributed by atoms with E-state index in [1.807, 2.05) is 0 Å². The molecule has 5 heteroatoms. The predicted octanol–water partition coefficient (Wildman–Crippen LogP) is 1.28. The summed E-state index contributed by atoms with van der Waals surface area (Å²) in [5.74, 6) is 0.721. The molecule has 0 saturated carbocycles. The third kappa shape index (κ3) is 3.09. The van der Waals surface area contributed by atoms with Gasteiger partial charge in [-0.2, -0.15) is 0 Å². The molecule has 1 fully saturated rings. The fourth-order valence-electron chi connectivity index (χ4n) is 3.77. The Kier molecular flexibility index (Phi) is 4.91. The molecule has 1 spiro atoms. The SMILES string of the molecule is CCN(CC)CCN1C(N)=NCC12CC(C)OC(C)C2. The van der Waals surface area contributed by atoms with Crippen molar-refractivity contribution >= 4 is 5.96 Å². The van der Waals surface area contributed by atoms with Crippen molar-refractivity contribution in [3.8, 4) is 0 Å². The highest BCUT2D eigenvalue weighted by Gasteiger charge is 2.46. The zero-order valence-electron chi connectivity index (χ0n) is 13.4. The van der Waals surface area contributed by atoms with E-state index in [4.69, 9.17) is 10.5 Å². The topological polar surface area (TPSA) is 54.1 Å². The summed E-state index contributed by atoms with van der Waals surface area (Å²) < 4.78 is 5.90. The van der Waals surface area contributed by atoms with Gasteiger partial charge in [0.05, 0.1) is 24.3 Å². The van der Waals surface area contributed by atoms with Gasteiger partial charge in [0, 0.05) is 13.1 Å². The minimum atomic E-state index is 0.0916. The Balaban J connectivity index is 2.05. The van der Waals surface area contributed by atoms with E-state index < -0.39 is 0 Å². The Bertz CT molecular complexity index is 344. The molecule has 1 saturated heterocycles. The predicted molar refractivity (Wildman–Crippen MR) is 83.0 cm³/mol. The number of hydrogen-bond donors (Lipinski definition) is 1. The number of nitrogens with two attached hydrogens (primary N) is 1. The van der Waals surface area contributed by atoms with Gasteiger partial charge in [-0.15, -0.1) is 0 Å². The Morgan fingerprint density at radius 3 is 2.45 bits per heavy atom. The molecule has 0 aromatic rings. The second-order valence-corrected chi connectivity index (χ2v) is 6.24. The smallest absolute Gasteiger partial charge is 0.191 e. The number of likely N-dealkylation sites (N-methyl/N-ethyl adjacent to an activating group) is 1. The molecule has 0 radical (unpaired) electrons. The summed E-state index contributed by atoms with van der Waals surface area (Å²) in [7, 11) is 0. The maximum absolute atomic E-state index is 6.16. The first-order valence-corrected chi connectivity index (χ1v) is 7.96. The summed E-state index contributed by atoms with van der Waals surface area (Å²) in [4.78, 5) is 9.32.